The topological polar surface area (TPSA) is 129 Å². The summed E-state index contributed by atoms with van der Waals surface area (Å²) in [7, 11) is 2.84. The van der Waals surface area contributed by atoms with Crippen molar-refractivity contribution >= 4 is 23.4 Å². The molecule has 1 amide bonds. The molecule has 2 rings (SSSR count). The Hall–Kier alpha value is -2.66. The minimum absolute atomic E-state index is 0.0352. The number of nitrogens with zero attached hydrogens (tertiary/aromatic N) is 1. The van der Waals surface area contributed by atoms with Gasteiger partial charge in [0.15, 0.2) is 5.78 Å². The molecule has 0 spiro atoms. The number of methoxy groups -OCH3 is 2. The van der Waals surface area contributed by atoms with Gasteiger partial charge >= 0.3 is 5.97 Å². The number of carbonyl (C=O) groups is 4. The maximum atomic E-state index is 13.4. The van der Waals surface area contributed by atoms with E-state index in [1.807, 2.05) is 52.0 Å². The highest BCUT2D eigenvalue weighted by Crippen LogP contribution is 2.36. The summed E-state index contributed by atoms with van der Waals surface area (Å²) >= 11 is 0. The van der Waals surface area contributed by atoms with Gasteiger partial charge in [0.05, 0.1) is 25.4 Å². The van der Waals surface area contributed by atoms with Crippen LogP contribution in [0, 0.1) is 17.8 Å². The Balaban J connectivity index is 1.99. The van der Waals surface area contributed by atoms with Crippen molar-refractivity contribution in [3.8, 4) is 0 Å². The molecular weight excluding hydrogens is 578 g/mol. The third-order valence-corrected chi connectivity index (χ3v) is 8.82. The summed E-state index contributed by atoms with van der Waals surface area (Å²) in [5, 5.41) is 11.4. The molecule has 2 aliphatic rings. The van der Waals surface area contributed by atoms with Crippen molar-refractivity contribution in [3.63, 3.8) is 0 Å². The Labute approximate surface area is 269 Å². The Morgan fingerprint density at radius 1 is 1.02 bits per heavy atom. The molecule has 0 aromatic heterocycles. The highest BCUT2D eigenvalue weighted by Gasteiger charge is 2.52. The molecule has 254 valence electrons. The minimum atomic E-state index is -2.29. The lowest BCUT2D eigenvalue weighted by atomic mass is 9.85. The minimum Gasteiger partial charge on any atom is -0.467 e. The fourth-order valence-electron chi connectivity index (χ4n) is 5.84. The predicted molar refractivity (Wildman–Crippen MR) is 171 cm³/mol. The number of hydrogen-bond acceptors (Lipinski definition) is 9. The number of hydrogen-bond donors (Lipinski definition) is 1. The summed E-state index contributed by atoms with van der Waals surface area (Å²) < 4.78 is 22.0. The fourth-order valence-corrected chi connectivity index (χ4v) is 5.84. The van der Waals surface area contributed by atoms with Crippen LogP contribution in [0.4, 0.5) is 0 Å². The number of ketones is 2. The average molecular weight is 634 g/mol. The fraction of sp³-hybridized carbons (Fsp3) is 0.714. The summed E-state index contributed by atoms with van der Waals surface area (Å²) in [6, 6.07) is -0.849. The van der Waals surface area contributed by atoms with Gasteiger partial charge in [0, 0.05) is 31.9 Å². The number of aliphatic hydroxyl groups is 1. The van der Waals surface area contributed by atoms with Gasteiger partial charge in [-0.15, -0.1) is 0 Å². The van der Waals surface area contributed by atoms with Crippen LogP contribution in [0.2, 0.25) is 0 Å². The standard InChI is InChI=1S/C35H55NO9/c1-23(2)44-22-30(37)26(5)20-24(3)14-10-9-11-15-25(4)31(42-7)21-28-18-17-27(6)35(41,45-28)32(38)33(39)36-19-13-12-16-29(36)34(40)43-8/h9-11,14-15,23-24,26-29,31,41H,12-13,16-22H2,1-8H3/b11-9+,14-10+,25-15+/t24-,26-,27-,28+,29?,31+,35-/m1/s1. The lowest BCUT2D eigenvalue weighted by molar-refractivity contribution is -0.265. The molecule has 0 aliphatic carbocycles. The molecule has 45 heavy (non-hydrogen) atoms. The van der Waals surface area contributed by atoms with Crippen molar-refractivity contribution in [1.29, 1.82) is 0 Å². The SMILES string of the molecule is COC(=O)C1CCCCN1C(=O)C(=O)[C@]1(O)O[C@H](C[C@H](OC)/C(C)=C/C=C/C=C/[C@@H](C)C[C@@H](C)C(=O)COC(C)C)CC[C@H]1C. The number of piperidine rings is 1. The number of carbonyl (C=O) groups excluding carboxylic acids is 4. The normalized spacial score (nSPS) is 26.7. The number of esters is 1. The molecule has 10 nitrogen and oxygen atoms in total. The molecule has 1 N–H and O–H groups in total. The zero-order valence-corrected chi connectivity index (χ0v) is 28.5. The number of allylic oxidation sites excluding steroid dienone is 5. The molecule has 2 fully saturated rings. The van der Waals surface area contributed by atoms with Crippen LogP contribution >= 0.6 is 0 Å². The van der Waals surface area contributed by atoms with E-state index in [4.69, 9.17) is 18.9 Å². The monoisotopic (exact) mass is 633 g/mol. The number of ether oxygens (including phenoxy) is 4. The highest BCUT2D eigenvalue weighted by molar-refractivity contribution is 6.39. The van der Waals surface area contributed by atoms with Crippen LogP contribution in [0.15, 0.2) is 36.0 Å². The maximum Gasteiger partial charge on any atom is 0.328 e. The summed E-state index contributed by atoms with van der Waals surface area (Å²) in [4.78, 5) is 52.4. The first-order valence-corrected chi connectivity index (χ1v) is 16.3. The van der Waals surface area contributed by atoms with E-state index in [0.717, 1.165) is 18.4 Å². The summed E-state index contributed by atoms with van der Waals surface area (Å²) in [6.07, 6.45) is 13.0. The molecule has 0 aromatic carbocycles. The third-order valence-electron chi connectivity index (χ3n) is 8.82. The van der Waals surface area contributed by atoms with E-state index in [1.54, 1.807) is 14.0 Å². The molecule has 2 saturated heterocycles. The quantitative estimate of drug-likeness (QED) is 0.146. The van der Waals surface area contributed by atoms with Gasteiger partial charge in [0.1, 0.15) is 12.6 Å². The second-order valence-electron chi connectivity index (χ2n) is 12.9. The third kappa shape index (κ3) is 11.3. The molecular formula is C35H55NO9. The van der Waals surface area contributed by atoms with E-state index in [2.05, 4.69) is 13.0 Å². The van der Waals surface area contributed by atoms with E-state index in [9.17, 15) is 24.3 Å². The van der Waals surface area contributed by atoms with Crippen molar-refractivity contribution in [3.05, 3.63) is 36.0 Å². The largest absolute Gasteiger partial charge is 0.467 e. The van der Waals surface area contributed by atoms with Crippen LogP contribution in [0.3, 0.4) is 0 Å². The van der Waals surface area contributed by atoms with Gasteiger partial charge in [-0.3, -0.25) is 14.4 Å². The predicted octanol–water partition coefficient (Wildman–Crippen LogP) is 4.73. The van der Waals surface area contributed by atoms with Gasteiger partial charge in [-0.1, -0.05) is 51.2 Å². The maximum absolute atomic E-state index is 13.4. The highest BCUT2D eigenvalue weighted by atomic mass is 16.6. The average Bonchev–Trinajstić information content (AvgIpc) is 3.02. The van der Waals surface area contributed by atoms with Crippen LogP contribution in [0.5, 0.6) is 0 Å². The Morgan fingerprint density at radius 3 is 2.38 bits per heavy atom. The van der Waals surface area contributed by atoms with Gasteiger partial charge in [0.2, 0.25) is 5.79 Å². The van der Waals surface area contributed by atoms with Crippen LogP contribution in [0.25, 0.3) is 0 Å². The van der Waals surface area contributed by atoms with Crippen LogP contribution in [-0.2, 0) is 38.1 Å². The number of likely N-dealkylation sites (tertiary alicyclic amines) is 1. The van der Waals surface area contributed by atoms with Gasteiger partial charge in [0.25, 0.3) is 11.7 Å². The first-order chi connectivity index (χ1) is 21.2. The molecule has 7 atom stereocenters. The first-order valence-electron chi connectivity index (χ1n) is 16.3. The zero-order chi connectivity index (χ0) is 33.7. The van der Waals surface area contributed by atoms with Crippen molar-refractivity contribution in [2.45, 2.75) is 117 Å². The lowest BCUT2D eigenvalue weighted by Crippen LogP contribution is -2.60. The van der Waals surface area contributed by atoms with E-state index >= 15 is 0 Å². The van der Waals surface area contributed by atoms with Crippen LogP contribution < -0.4 is 0 Å². The van der Waals surface area contributed by atoms with Crippen molar-refractivity contribution in [2.24, 2.45) is 17.8 Å². The molecule has 0 bridgehead atoms. The van der Waals surface area contributed by atoms with E-state index in [0.29, 0.717) is 32.1 Å². The molecule has 0 saturated carbocycles. The second-order valence-corrected chi connectivity index (χ2v) is 12.9. The first kappa shape index (κ1) is 38.5. The lowest BCUT2D eigenvalue weighted by Gasteiger charge is -2.42. The second kappa shape index (κ2) is 18.5. The molecule has 1 unspecified atom stereocenters. The molecule has 2 heterocycles. The summed E-state index contributed by atoms with van der Waals surface area (Å²) in [5.74, 6) is -5.17. The van der Waals surface area contributed by atoms with Crippen molar-refractivity contribution in [2.75, 3.05) is 27.4 Å². The van der Waals surface area contributed by atoms with E-state index < -0.39 is 41.5 Å². The van der Waals surface area contributed by atoms with Gasteiger partial charge in [-0.05, 0) is 70.8 Å². The van der Waals surface area contributed by atoms with Gasteiger partial charge in [-0.2, -0.15) is 0 Å². The van der Waals surface area contributed by atoms with Crippen LogP contribution in [0.1, 0.15) is 86.5 Å². The van der Waals surface area contributed by atoms with E-state index in [1.165, 1.54) is 12.0 Å². The van der Waals surface area contributed by atoms with Crippen LogP contribution in [-0.4, -0.2) is 91.0 Å². The smallest absolute Gasteiger partial charge is 0.328 e. The molecule has 2 aliphatic heterocycles. The number of amides is 1. The van der Waals surface area contributed by atoms with E-state index in [-0.39, 0.29) is 43.0 Å². The van der Waals surface area contributed by atoms with Gasteiger partial charge in [-0.25, -0.2) is 4.79 Å². The Bertz CT molecular complexity index is 1100. The van der Waals surface area contributed by atoms with Gasteiger partial charge < -0.3 is 29.0 Å². The van der Waals surface area contributed by atoms with Crippen molar-refractivity contribution < 1.29 is 43.2 Å². The molecule has 0 aromatic rings. The summed E-state index contributed by atoms with van der Waals surface area (Å²) in [5.41, 5.74) is 0.932. The zero-order valence-electron chi connectivity index (χ0n) is 28.5. The molecule has 10 heteroatoms. The Kier molecular flexibility index (Phi) is 15.8. The molecule has 0 radical (unpaired) electrons. The Morgan fingerprint density at radius 2 is 1.73 bits per heavy atom. The summed E-state index contributed by atoms with van der Waals surface area (Å²) in [6.45, 7) is 11.9. The number of rotatable bonds is 16. The number of Topliss-reactive ketones (excluding diaryl/α,β-unsaturated/α-hetero) is 2. The van der Waals surface area contributed by atoms with Crippen molar-refractivity contribution in [1.82, 2.24) is 4.90 Å².